The van der Waals surface area contributed by atoms with E-state index in [9.17, 15) is 8.78 Å². The molecule has 2 N–H and O–H groups in total. The molecule has 1 aromatic carbocycles. The van der Waals surface area contributed by atoms with Crippen molar-refractivity contribution in [1.29, 1.82) is 0 Å². The molecule has 3 heterocycles. The van der Waals surface area contributed by atoms with E-state index in [1.807, 2.05) is 0 Å². The molecule has 6 nitrogen and oxygen atoms in total. The quantitative estimate of drug-likeness (QED) is 0.618. The molecule has 0 saturated heterocycles. The van der Waals surface area contributed by atoms with Crippen molar-refractivity contribution in [3.8, 4) is 22.9 Å². The fraction of sp³-hybridized carbons (Fsp3) is 0. The van der Waals surface area contributed by atoms with E-state index >= 15 is 0 Å². The van der Waals surface area contributed by atoms with Crippen molar-refractivity contribution in [2.75, 3.05) is 5.73 Å². The van der Waals surface area contributed by atoms with Gasteiger partial charge in [-0.25, -0.2) is 19.3 Å². The van der Waals surface area contributed by atoms with Crippen LogP contribution in [0, 0.1) is 11.6 Å². The van der Waals surface area contributed by atoms with Gasteiger partial charge in [-0.3, -0.25) is 4.40 Å². The third kappa shape index (κ3) is 2.53. The summed E-state index contributed by atoms with van der Waals surface area (Å²) < 4.78 is 35.8. The van der Waals surface area contributed by atoms with Crippen LogP contribution in [0.1, 0.15) is 0 Å². The number of anilines is 1. The molecule has 0 spiro atoms. The summed E-state index contributed by atoms with van der Waals surface area (Å²) in [6.45, 7) is 0. The maximum Gasteiger partial charge on any atom is 0.219 e. The second-order valence-electron chi connectivity index (χ2n) is 5.16. The number of hydrogen-bond donors (Lipinski definition) is 1. The molecule has 0 atom stereocenters. The molecule has 0 aliphatic rings. The summed E-state index contributed by atoms with van der Waals surface area (Å²) in [5, 5.41) is 0. The molecule has 0 radical (unpaired) electrons. The fourth-order valence-electron chi connectivity index (χ4n) is 2.47. The number of ether oxygens (including phenoxy) is 1. The number of imidazole rings is 1. The second kappa shape index (κ2) is 5.82. The van der Waals surface area contributed by atoms with Gasteiger partial charge in [0.15, 0.2) is 23.0 Å². The minimum Gasteiger partial charge on any atom is -0.436 e. The summed E-state index contributed by atoms with van der Waals surface area (Å²) >= 11 is 0. The zero-order valence-electron chi connectivity index (χ0n) is 12.7. The van der Waals surface area contributed by atoms with E-state index in [1.54, 1.807) is 28.8 Å². The number of nitrogens with two attached hydrogens (primary N) is 1. The number of nitrogens with zero attached hydrogens (tertiary/aromatic N) is 4. The number of rotatable bonds is 3. The molecule has 0 saturated carbocycles. The number of hydrogen-bond acceptors (Lipinski definition) is 5. The number of aromatic nitrogens is 4. The Morgan fingerprint density at radius 3 is 2.64 bits per heavy atom. The summed E-state index contributed by atoms with van der Waals surface area (Å²) in [6, 6.07) is 7.68. The predicted octanol–water partition coefficient (Wildman–Crippen LogP) is 3.44. The van der Waals surface area contributed by atoms with E-state index in [0.717, 1.165) is 0 Å². The van der Waals surface area contributed by atoms with Crippen molar-refractivity contribution in [1.82, 2.24) is 19.4 Å². The van der Waals surface area contributed by atoms with Gasteiger partial charge in [0.2, 0.25) is 11.7 Å². The molecule has 4 aromatic rings. The van der Waals surface area contributed by atoms with E-state index in [2.05, 4.69) is 15.0 Å². The van der Waals surface area contributed by atoms with E-state index in [0.29, 0.717) is 11.3 Å². The highest BCUT2D eigenvalue weighted by Gasteiger charge is 2.19. The SMILES string of the molecule is Nc1nccn2c(-c3ccc(Oc4ccccn4)c(F)c3F)cnc12. The van der Waals surface area contributed by atoms with Gasteiger partial charge in [-0.15, -0.1) is 0 Å². The lowest BCUT2D eigenvalue weighted by Crippen LogP contribution is -1.99. The summed E-state index contributed by atoms with van der Waals surface area (Å²) in [7, 11) is 0. The number of fused-ring (bicyclic) bond motifs is 1. The summed E-state index contributed by atoms with van der Waals surface area (Å²) in [5.41, 5.74) is 6.49. The number of pyridine rings is 1. The van der Waals surface area contributed by atoms with Gasteiger partial charge in [0.25, 0.3) is 0 Å². The lowest BCUT2D eigenvalue weighted by atomic mass is 10.1. The Kier molecular flexibility index (Phi) is 3.50. The molecule has 4 rings (SSSR count). The van der Waals surface area contributed by atoms with Crippen molar-refractivity contribution in [2.45, 2.75) is 0 Å². The Morgan fingerprint density at radius 1 is 0.960 bits per heavy atom. The van der Waals surface area contributed by atoms with Crippen LogP contribution in [-0.4, -0.2) is 19.4 Å². The number of benzene rings is 1. The first-order valence-electron chi connectivity index (χ1n) is 7.30. The summed E-state index contributed by atoms with van der Waals surface area (Å²) in [6.07, 6.45) is 5.93. The van der Waals surface area contributed by atoms with Crippen LogP contribution in [-0.2, 0) is 0 Å². The lowest BCUT2D eigenvalue weighted by Gasteiger charge is -2.09. The molecule has 0 aliphatic carbocycles. The van der Waals surface area contributed by atoms with Crippen LogP contribution in [0.5, 0.6) is 11.6 Å². The topological polar surface area (TPSA) is 78.3 Å². The van der Waals surface area contributed by atoms with Crippen molar-refractivity contribution in [2.24, 2.45) is 0 Å². The van der Waals surface area contributed by atoms with Gasteiger partial charge in [-0.2, -0.15) is 4.39 Å². The van der Waals surface area contributed by atoms with Crippen molar-refractivity contribution < 1.29 is 13.5 Å². The van der Waals surface area contributed by atoms with Gasteiger partial charge in [-0.05, 0) is 18.2 Å². The van der Waals surface area contributed by atoms with Crippen molar-refractivity contribution in [3.63, 3.8) is 0 Å². The lowest BCUT2D eigenvalue weighted by molar-refractivity contribution is 0.406. The molecule has 0 bridgehead atoms. The van der Waals surface area contributed by atoms with E-state index in [1.165, 1.54) is 30.7 Å². The zero-order chi connectivity index (χ0) is 17.4. The minimum absolute atomic E-state index is 0.0315. The van der Waals surface area contributed by atoms with Gasteiger partial charge >= 0.3 is 0 Å². The highest BCUT2D eigenvalue weighted by atomic mass is 19.2. The summed E-state index contributed by atoms with van der Waals surface area (Å²) in [5.74, 6) is -2.05. The van der Waals surface area contributed by atoms with Crippen LogP contribution in [0.4, 0.5) is 14.6 Å². The molecule has 124 valence electrons. The molecule has 8 heteroatoms. The first-order valence-corrected chi connectivity index (χ1v) is 7.30. The normalized spacial score (nSPS) is 11.0. The highest BCUT2D eigenvalue weighted by molar-refractivity contribution is 5.70. The van der Waals surface area contributed by atoms with E-state index in [4.69, 9.17) is 10.5 Å². The first-order chi connectivity index (χ1) is 12.1. The largest absolute Gasteiger partial charge is 0.436 e. The molecule has 25 heavy (non-hydrogen) atoms. The average molecular weight is 339 g/mol. The molecule has 0 unspecified atom stereocenters. The maximum absolute atomic E-state index is 14.6. The van der Waals surface area contributed by atoms with Crippen molar-refractivity contribution >= 4 is 11.5 Å². The van der Waals surface area contributed by atoms with Gasteiger partial charge < -0.3 is 10.5 Å². The maximum atomic E-state index is 14.6. The Morgan fingerprint density at radius 2 is 1.84 bits per heavy atom. The zero-order valence-corrected chi connectivity index (χ0v) is 12.7. The number of nitrogen functional groups attached to an aromatic ring is 1. The Bertz CT molecular complexity index is 1070. The molecule has 0 amide bonds. The van der Waals surface area contributed by atoms with Gasteiger partial charge in [-0.1, -0.05) is 6.07 Å². The van der Waals surface area contributed by atoms with Crippen LogP contribution < -0.4 is 10.5 Å². The van der Waals surface area contributed by atoms with Gasteiger partial charge in [0.05, 0.1) is 11.9 Å². The second-order valence-corrected chi connectivity index (χ2v) is 5.16. The third-order valence-electron chi connectivity index (χ3n) is 3.63. The molecule has 3 aromatic heterocycles. The van der Waals surface area contributed by atoms with Crippen LogP contribution in [0.15, 0.2) is 55.1 Å². The van der Waals surface area contributed by atoms with E-state index in [-0.39, 0.29) is 23.0 Å². The Balaban J connectivity index is 1.79. The monoisotopic (exact) mass is 339 g/mol. The molecule has 0 aliphatic heterocycles. The standard InChI is InChI=1S/C17H11F2N5O/c18-14-10(11-9-23-17-16(20)22-7-8-24(11)17)4-5-12(15(14)19)25-13-3-1-2-6-21-13/h1-9H,(H2,20,22). The minimum atomic E-state index is -1.11. The Labute approximate surface area is 140 Å². The van der Waals surface area contributed by atoms with Crippen LogP contribution in [0.3, 0.4) is 0 Å². The highest BCUT2D eigenvalue weighted by Crippen LogP contribution is 2.32. The van der Waals surface area contributed by atoms with Crippen LogP contribution in [0.25, 0.3) is 16.9 Å². The van der Waals surface area contributed by atoms with Gasteiger partial charge in [0.1, 0.15) is 0 Å². The van der Waals surface area contributed by atoms with Gasteiger partial charge in [0, 0.05) is 30.2 Å². The predicted molar refractivity (Wildman–Crippen MR) is 87.1 cm³/mol. The molecular weight excluding hydrogens is 328 g/mol. The smallest absolute Gasteiger partial charge is 0.219 e. The third-order valence-corrected chi connectivity index (χ3v) is 3.63. The average Bonchev–Trinajstić information content (AvgIpc) is 3.05. The van der Waals surface area contributed by atoms with Crippen LogP contribution in [0.2, 0.25) is 0 Å². The van der Waals surface area contributed by atoms with Crippen LogP contribution >= 0.6 is 0 Å². The fourth-order valence-corrected chi connectivity index (χ4v) is 2.47. The first kappa shape index (κ1) is 15.0. The van der Waals surface area contributed by atoms with E-state index < -0.39 is 11.6 Å². The molecular formula is C17H11F2N5O. The number of halogens is 2. The van der Waals surface area contributed by atoms with Crippen molar-refractivity contribution in [3.05, 3.63) is 66.8 Å². The molecule has 0 fully saturated rings. The Hall–Kier alpha value is -3.55. The summed E-state index contributed by atoms with van der Waals surface area (Å²) in [4.78, 5) is 11.9.